The number of rotatable bonds is 3. The van der Waals surface area contributed by atoms with Gasteiger partial charge in [-0.25, -0.2) is 9.37 Å². The first kappa shape index (κ1) is 13.8. The minimum Gasteiger partial charge on any atom is -0.445 e. The monoisotopic (exact) mass is 288 g/mol. The third-order valence-electron chi connectivity index (χ3n) is 3.82. The second-order valence-electron chi connectivity index (χ2n) is 5.42. The van der Waals surface area contributed by atoms with E-state index in [1.165, 1.54) is 12.1 Å². The summed E-state index contributed by atoms with van der Waals surface area (Å²) in [6.07, 6.45) is 3.09. The van der Waals surface area contributed by atoms with E-state index in [1.807, 2.05) is 6.07 Å². The molecule has 2 aromatic rings. The number of hydrogen-bond donors (Lipinski definition) is 0. The van der Waals surface area contributed by atoms with Crippen LogP contribution in [-0.4, -0.2) is 28.9 Å². The first-order chi connectivity index (χ1) is 10.1. The largest absolute Gasteiger partial charge is 0.445 e. The molecule has 1 saturated heterocycles. The van der Waals surface area contributed by atoms with Crippen LogP contribution in [0.3, 0.4) is 0 Å². The van der Waals surface area contributed by atoms with Gasteiger partial charge < -0.3 is 9.32 Å². The highest BCUT2D eigenvalue weighted by atomic mass is 19.1. The van der Waals surface area contributed by atoms with E-state index in [0.29, 0.717) is 18.9 Å². The Morgan fingerprint density at radius 1 is 1.52 bits per heavy atom. The molecule has 3 rings (SSSR count). The number of aromatic nitrogens is 1. The number of likely N-dealkylation sites (tertiary alicyclic amines) is 1. The third-order valence-corrected chi connectivity index (χ3v) is 3.82. The van der Waals surface area contributed by atoms with Crippen LogP contribution in [0, 0.1) is 5.82 Å². The SMILES string of the molecule is CC(=O)N1CC[C@@H](c2ncc(Cc3cccc(F)c3)o2)C1. The Labute approximate surface area is 122 Å². The van der Waals surface area contributed by atoms with Crippen molar-refractivity contribution in [1.82, 2.24) is 9.88 Å². The van der Waals surface area contributed by atoms with Crippen LogP contribution in [0.15, 0.2) is 34.9 Å². The van der Waals surface area contributed by atoms with Gasteiger partial charge in [0.25, 0.3) is 0 Å². The molecule has 1 amide bonds. The van der Waals surface area contributed by atoms with E-state index in [-0.39, 0.29) is 17.6 Å². The summed E-state index contributed by atoms with van der Waals surface area (Å²) in [4.78, 5) is 17.5. The van der Waals surface area contributed by atoms with E-state index in [2.05, 4.69) is 4.98 Å². The Hall–Kier alpha value is -2.17. The lowest BCUT2D eigenvalue weighted by Crippen LogP contribution is -2.25. The molecule has 2 heterocycles. The molecule has 0 unspecified atom stereocenters. The van der Waals surface area contributed by atoms with Gasteiger partial charge in [-0.2, -0.15) is 0 Å². The van der Waals surface area contributed by atoms with Gasteiger partial charge in [0.05, 0.1) is 12.1 Å². The lowest BCUT2D eigenvalue weighted by molar-refractivity contribution is -0.127. The zero-order valence-corrected chi connectivity index (χ0v) is 11.9. The topological polar surface area (TPSA) is 46.3 Å². The maximum Gasteiger partial charge on any atom is 0.219 e. The van der Waals surface area contributed by atoms with Crippen LogP contribution in [0.25, 0.3) is 0 Å². The summed E-state index contributed by atoms with van der Waals surface area (Å²) >= 11 is 0. The maximum absolute atomic E-state index is 13.2. The molecule has 1 aliphatic heterocycles. The highest BCUT2D eigenvalue weighted by molar-refractivity contribution is 5.73. The number of halogens is 1. The summed E-state index contributed by atoms with van der Waals surface area (Å²) in [6.45, 7) is 2.99. The summed E-state index contributed by atoms with van der Waals surface area (Å²) in [6, 6.07) is 6.46. The van der Waals surface area contributed by atoms with Crippen LogP contribution in [0.5, 0.6) is 0 Å². The predicted molar refractivity (Wildman–Crippen MR) is 75.3 cm³/mol. The van der Waals surface area contributed by atoms with E-state index in [4.69, 9.17) is 4.42 Å². The molecule has 0 aliphatic carbocycles. The number of carbonyl (C=O) groups excluding carboxylic acids is 1. The van der Waals surface area contributed by atoms with Gasteiger partial charge in [-0.1, -0.05) is 12.1 Å². The third kappa shape index (κ3) is 3.12. The van der Waals surface area contributed by atoms with Crippen molar-refractivity contribution in [3.63, 3.8) is 0 Å². The first-order valence-electron chi connectivity index (χ1n) is 7.06. The van der Waals surface area contributed by atoms with E-state index >= 15 is 0 Å². The first-order valence-corrected chi connectivity index (χ1v) is 7.06. The Bertz CT molecular complexity index is 653. The molecular weight excluding hydrogens is 271 g/mol. The fourth-order valence-corrected chi connectivity index (χ4v) is 2.69. The molecule has 0 saturated carbocycles. The quantitative estimate of drug-likeness (QED) is 0.872. The molecule has 4 nitrogen and oxygen atoms in total. The molecule has 0 spiro atoms. The van der Waals surface area contributed by atoms with Crippen LogP contribution in [0.1, 0.15) is 36.5 Å². The van der Waals surface area contributed by atoms with Crippen molar-refractivity contribution in [3.8, 4) is 0 Å². The standard InChI is InChI=1S/C16H17FN2O2/c1-11(20)19-6-5-13(10-19)16-18-9-15(21-16)8-12-3-2-4-14(17)7-12/h2-4,7,9,13H,5-6,8,10H2,1H3/t13-/m1/s1. The number of amides is 1. The second-order valence-corrected chi connectivity index (χ2v) is 5.42. The van der Waals surface area contributed by atoms with Crippen molar-refractivity contribution in [2.75, 3.05) is 13.1 Å². The molecule has 110 valence electrons. The molecule has 1 fully saturated rings. The summed E-state index contributed by atoms with van der Waals surface area (Å²) < 4.78 is 18.9. The molecule has 0 radical (unpaired) electrons. The smallest absolute Gasteiger partial charge is 0.219 e. The Morgan fingerprint density at radius 2 is 2.38 bits per heavy atom. The van der Waals surface area contributed by atoms with Crippen molar-refractivity contribution < 1.29 is 13.6 Å². The number of hydrogen-bond acceptors (Lipinski definition) is 3. The molecule has 1 atom stereocenters. The van der Waals surface area contributed by atoms with E-state index < -0.39 is 0 Å². The molecule has 1 aliphatic rings. The molecule has 1 aromatic heterocycles. The average molecular weight is 288 g/mol. The summed E-state index contributed by atoms with van der Waals surface area (Å²) in [5.74, 6) is 1.39. The van der Waals surface area contributed by atoms with Gasteiger partial charge in [-0.05, 0) is 24.1 Å². The zero-order chi connectivity index (χ0) is 14.8. The van der Waals surface area contributed by atoms with E-state index in [1.54, 1.807) is 24.1 Å². The van der Waals surface area contributed by atoms with Crippen molar-refractivity contribution in [2.45, 2.75) is 25.7 Å². The Kier molecular flexibility index (Phi) is 3.73. The van der Waals surface area contributed by atoms with Gasteiger partial charge in [0.1, 0.15) is 11.6 Å². The summed E-state index contributed by atoms with van der Waals surface area (Å²) in [5.41, 5.74) is 0.856. The average Bonchev–Trinajstić information content (AvgIpc) is 3.06. The van der Waals surface area contributed by atoms with E-state index in [9.17, 15) is 9.18 Å². The van der Waals surface area contributed by atoms with Crippen LogP contribution in [-0.2, 0) is 11.2 Å². The number of oxazole rings is 1. The van der Waals surface area contributed by atoms with Crippen molar-refractivity contribution in [3.05, 3.63) is 53.5 Å². The molecule has 21 heavy (non-hydrogen) atoms. The number of benzene rings is 1. The van der Waals surface area contributed by atoms with Crippen molar-refractivity contribution in [1.29, 1.82) is 0 Å². The normalized spacial score (nSPS) is 18.2. The predicted octanol–water partition coefficient (Wildman–Crippen LogP) is 2.74. The van der Waals surface area contributed by atoms with Gasteiger partial charge >= 0.3 is 0 Å². The second kappa shape index (κ2) is 5.68. The lowest BCUT2D eigenvalue weighted by Gasteiger charge is -2.12. The van der Waals surface area contributed by atoms with Gasteiger partial charge in [0, 0.05) is 26.4 Å². The summed E-state index contributed by atoms with van der Waals surface area (Å²) in [7, 11) is 0. The minimum absolute atomic E-state index is 0.0871. The Morgan fingerprint density at radius 3 is 3.10 bits per heavy atom. The lowest BCUT2D eigenvalue weighted by atomic mass is 10.1. The maximum atomic E-state index is 13.2. The highest BCUT2D eigenvalue weighted by Crippen LogP contribution is 2.27. The Balaban J connectivity index is 1.68. The number of carbonyl (C=O) groups is 1. The number of nitrogens with zero attached hydrogens (tertiary/aromatic N) is 2. The van der Waals surface area contributed by atoms with Crippen LogP contribution >= 0.6 is 0 Å². The van der Waals surface area contributed by atoms with Crippen LogP contribution < -0.4 is 0 Å². The molecule has 5 heteroatoms. The van der Waals surface area contributed by atoms with Crippen LogP contribution in [0.4, 0.5) is 4.39 Å². The highest BCUT2D eigenvalue weighted by Gasteiger charge is 2.28. The van der Waals surface area contributed by atoms with Gasteiger partial charge in [-0.15, -0.1) is 0 Å². The minimum atomic E-state index is -0.250. The fraction of sp³-hybridized carbons (Fsp3) is 0.375. The van der Waals surface area contributed by atoms with Gasteiger partial charge in [0.2, 0.25) is 5.91 Å². The summed E-state index contributed by atoms with van der Waals surface area (Å²) in [5, 5.41) is 0. The van der Waals surface area contributed by atoms with Gasteiger partial charge in [-0.3, -0.25) is 4.79 Å². The van der Waals surface area contributed by atoms with Crippen LogP contribution in [0.2, 0.25) is 0 Å². The molecule has 1 aromatic carbocycles. The molecular formula is C16H17FN2O2. The fourth-order valence-electron chi connectivity index (χ4n) is 2.69. The van der Waals surface area contributed by atoms with Gasteiger partial charge in [0.15, 0.2) is 5.89 Å². The van der Waals surface area contributed by atoms with Crippen molar-refractivity contribution >= 4 is 5.91 Å². The zero-order valence-electron chi connectivity index (χ0n) is 11.9. The van der Waals surface area contributed by atoms with Crippen molar-refractivity contribution in [2.24, 2.45) is 0 Å². The molecule has 0 bridgehead atoms. The van der Waals surface area contributed by atoms with E-state index in [0.717, 1.165) is 24.3 Å². The molecule has 0 N–H and O–H groups in total.